The van der Waals surface area contributed by atoms with E-state index in [0.717, 1.165) is 32.1 Å². The van der Waals surface area contributed by atoms with Crippen LogP contribution in [0.2, 0.25) is 0 Å². The summed E-state index contributed by atoms with van der Waals surface area (Å²) in [6.07, 6.45) is 11.5. The average molecular weight is 748 g/mol. The summed E-state index contributed by atoms with van der Waals surface area (Å²) in [7, 11) is 0. The van der Waals surface area contributed by atoms with Crippen LogP contribution in [0, 0.1) is 5.92 Å². The fourth-order valence-electron chi connectivity index (χ4n) is 5.06. The number of hydrogen-bond acceptors (Lipinski definition) is 7. The molecule has 0 heterocycles. The van der Waals surface area contributed by atoms with Crippen molar-refractivity contribution < 1.29 is 33.8 Å². The summed E-state index contributed by atoms with van der Waals surface area (Å²) in [6, 6.07) is 8.12. The van der Waals surface area contributed by atoms with Crippen molar-refractivity contribution in [3.05, 3.63) is 53.1 Å². The third-order valence-electron chi connectivity index (χ3n) is 7.39. The van der Waals surface area contributed by atoms with Crippen LogP contribution in [-0.2, 0) is 19.1 Å². The first-order valence-corrected chi connectivity index (χ1v) is 19.2. The first kappa shape index (κ1) is 53.2. The summed E-state index contributed by atoms with van der Waals surface area (Å²) in [6.45, 7) is 24.1. The molecular weight excluding hydrogens is 674 g/mol. The Morgan fingerprint density at radius 3 is 2.02 bits per heavy atom. The molecule has 2 rings (SSSR count). The number of nitrogens with one attached hydrogen (secondary N) is 4. The van der Waals surface area contributed by atoms with E-state index in [1.807, 2.05) is 81.4 Å². The summed E-state index contributed by atoms with van der Waals surface area (Å²) in [4.78, 5) is 53.5. The molecule has 4 amide bonds. The topological polar surface area (TPSA) is 189 Å². The summed E-state index contributed by atoms with van der Waals surface area (Å²) in [5, 5.41) is 17.7. The molecule has 3 unspecified atom stereocenters. The minimum absolute atomic E-state index is 0.0206. The van der Waals surface area contributed by atoms with Crippen molar-refractivity contribution in [2.45, 2.75) is 152 Å². The Kier molecular flexibility index (Phi) is 32.6. The molecule has 1 aliphatic rings. The second-order valence-electron chi connectivity index (χ2n) is 13.4. The van der Waals surface area contributed by atoms with Crippen LogP contribution in [0.15, 0.2) is 42.0 Å². The molecule has 1 aliphatic carbocycles. The average Bonchev–Trinajstić information content (AvgIpc) is 3.47. The predicted octanol–water partition coefficient (Wildman–Crippen LogP) is 7.38. The molecule has 0 bridgehead atoms. The maximum absolute atomic E-state index is 12.6. The normalized spacial score (nSPS) is 14.3. The van der Waals surface area contributed by atoms with Crippen molar-refractivity contribution in [1.82, 2.24) is 21.3 Å². The van der Waals surface area contributed by atoms with Crippen LogP contribution in [0.5, 0.6) is 0 Å². The number of carbonyl (C=O) groups excluding carboxylic acids is 4. The second kappa shape index (κ2) is 32.5. The molecule has 1 aromatic rings. The Morgan fingerprint density at radius 1 is 0.925 bits per heavy atom. The Balaban J connectivity index is -0.00000104. The number of benzene rings is 1. The quantitative estimate of drug-likeness (QED) is 0.0703. The first-order chi connectivity index (χ1) is 25.1. The van der Waals surface area contributed by atoms with E-state index in [9.17, 15) is 19.2 Å². The number of allylic oxidation sites excluding steroid dienone is 4. The van der Waals surface area contributed by atoms with E-state index in [2.05, 4.69) is 59.4 Å². The predicted molar refractivity (Wildman–Crippen MR) is 218 cm³/mol. The fourth-order valence-corrected chi connectivity index (χ4v) is 5.06. The number of hydrogen-bond donors (Lipinski definition) is 6. The zero-order valence-electron chi connectivity index (χ0n) is 34.8. The SMILES string of the molecule is CC.CC.CC(N)CC(C)NC(=O)CNC=O.CCCCC1=CC=C(c2ccc(C(=O)NC(C)CCCCNC(=O)OC(C)(C)C)cc2)[C@@H]1C.O=CO. The lowest BCUT2D eigenvalue weighted by Gasteiger charge is -2.19. The van der Waals surface area contributed by atoms with Gasteiger partial charge in [0.15, 0.2) is 0 Å². The smallest absolute Gasteiger partial charge is 0.407 e. The highest BCUT2D eigenvalue weighted by Crippen LogP contribution is 2.36. The highest BCUT2D eigenvalue weighted by molar-refractivity contribution is 5.94. The van der Waals surface area contributed by atoms with E-state index < -0.39 is 5.60 Å². The molecule has 12 heteroatoms. The van der Waals surface area contributed by atoms with Crippen LogP contribution in [0.3, 0.4) is 0 Å². The molecule has 0 saturated carbocycles. The summed E-state index contributed by atoms with van der Waals surface area (Å²) in [5.74, 6) is 0.206. The van der Waals surface area contributed by atoms with E-state index >= 15 is 0 Å². The van der Waals surface area contributed by atoms with Gasteiger partial charge < -0.3 is 36.8 Å². The largest absolute Gasteiger partial charge is 0.483 e. The molecule has 1 aromatic carbocycles. The fraction of sp³-hybridized carbons (Fsp3) is 0.634. The van der Waals surface area contributed by atoms with Crippen LogP contribution in [0.4, 0.5) is 4.79 Å². The van der Waals surface area contributed by atoms with Gasteiger partial charge in [0.25, 0.3) is 12.4 Å². The van der Waals surface area contributed by atoms with Crippen molar-refractivity contribution in [1.29, 1.82) is 0 Å². The molecular formula is C41H73N5O7. The van der Waals surface area contributed by atoms with Gasteiger partial charge in [-0.25, -0.2) is 4.79 Å². The van der Waals surface area contributed by atoms with Crippen molar-refractivity contribution >= 4 is 36.4 Å². The number of nitrogens with two attached hydrogens (primary N) is 1. The minimum Gasteiger partial charge on any atom is -0.483 e. The lowest BCUT2D eigenvalue weighted by Crippen LogP contribution is -2.40. The summed E-state index contributed by atoms with van der Waals surface area (Å²) >= 11 is 0. The third kappa shape index (κ3) is 28.0. The number of carbonyl (C=O) groups is 5. The van der Waals surface area contributed by atoms with Gasteiger partial charge in [0, 0.05) is 36.2 Å². The number of rotatable bonds is 17. The molecule has 0 spiro atoms. The maximum Gasteiger partial charge on any atom is 0.407 e. The second-order valence-corrected chi connectivity index (χ2v) is 13.4. The van der Waals surface area contributed by atoms with Gasteiger partial charge in [-0.2, -0.15) is 0 Å². The van der Waals surface area contributed by atoms with Gasteiger partial charge in [-0.15, -0.1) is 0 Å². The third-order valence-corrected chi connectivity index (χ3v) is 7.39. The van der Waals surface area contributed by atoms with E-state index in [1.165, 1.54) is 29.6 Å². The molecule has 0 fully saturated rings. The zero-order valence-corrected chi connectivity index (χ0v) is 34.8. The molecule has 0 aliphatic heterocycles. The number of unbranched alkanes of at least 4 members (excludes halogenated alkanes) is 2. The lowest BCUT2D eigenvalue weighted by molar-refractivity contribution is -0.123. The number of ether oxygens (including phenoxy) is 1. The number of amides is 4. The molecule has 0 aromatic heterocycles. The van der Waals surface area contributed by atoms with Crippen LogP contribution in [0.1, 0.15) is 144 Å². The monoisotopic (exact) mass is 748 g/mol. The van der Waals surface area contributed by atoms with Crippen LogP contribution >= 0.6 is 0 Å². The summed E-state index contributed by atoms with van der Waals surface area (Å²) in [5.41, 5.74) is 9.77. The van der Waals surface area contributed by atoms with Crippen LogP contribution in [-0.4, -0.2) is 72.7 Å². The van der Waals surface area contributed by atoms with Crippen LogP contribution in [0.25, 0.3) is 5.57 Å². The standard InChI is InChI=1S/C28H42N2O3.C8H17N3O2.2C2H6.CH2O2/c1-7-8-12-22-17-18-25(21(22)3)23-13-15-24(16-14-23)26(31)30-20(2)11-9-10-19-29-27(32)33-28(4,5)6;1-6(9)3-7(2)11-8(13)4-10-5-12;2*1-2;2-1-3/h13-18,20-21H,7-12,19H2,1-6H3,(H,29,32)(H,30,31);5-7H,3-4,9H2,1-2H3,(H,10,12)(H,11,13);2*1-2H3;1H,(H,2,3)/t20?,21-;;;;/m1..../s1. The Morgan fingerprint density at radius 2 is 1.51 bits per heavy atom. The van der Waals surface area contributed by atoms with E-state index in [4.69, 9.17) is 20.4 Å². The van der Waals surface area contributed by atoms with E-state index in [-0.39, 0.29) is 49.1 Å². The van der Waals surface area contributed by atoms with Crippen LogP contribution < -0.4 is 27.0 Å². The zero-order chi connectivity index (χ0) is 41.4. The van der Waals surface area contributed by atoms with E-state index in [0.29, 0.717) is 24.4 Å². The molecule has 0 saturated heterocycles. The van der Waals surface area contributed by atoms with Crippen molar-refractivity contribution in [3.8, 4) is 0 Å². The lowest BCUT2D eigenvalue weighted by atomic mass is 9.90. The first-order valence-electron chi connectivity index (χ1n) is 19.2. The molecule has 304 valence electrons. The number of alkyl carbamates (subject to hydrolysis) is 1. The van der Waals surface area contributed by atoms with Gasteiger partial charge in [-0.3, -0.25) is 19.2 Å². The summed E-state index contributed by atoms with van der Waals surface area (Å²) < 4.78 is 5.22. The molecule has 0 radical (unpaired) electrons. The number of carboxylic acid groups (broad SMARTS) is 1. The van der Waals surface area contributed by atoms with Gasteiger partial charge in [-0.05, 0) is 103 Å². The van der Waals surface area contributed by atoms with E-state index in [1.54, 1.807) is 0 Å². The Bertz CT molecular complexity index is 1210. The van der Waals surface area contributed by atoms with Gasteiger partial charge in [0.2, 0.25) is 12.3 Å². The van der Waals surface area contributed by atoms with Gasteiger partial charge >= 0.3 is 6.09 Å². The molecule has 4 atom stereocenters. The molecule has 7 N–H and O–H groups in total. The van der Waals surface area contributed by atoms with Crippen molar-refractivity contribution in [2.24, 2.45) is 11.7 Å². The maximum atomic E-state index is 12.6. The van der Waals surface area contributed by atoms with Gasteiger partial charge in [0.05, 0.1) is 6.54 Å². The highest BCUT2D eigenvalue weighted by atomic mass is 16.6. The minimum atomic E-state index is -0.484. The van der Waals surface area contributed by atoms with Gasteiger partial charge in [0.1, 0.15) is 5.60 Å². The van der Waals surface area contributed by atoms with Crippen molar-refractivity contribution in [3.63, 3.8) is 0 Å². The molecule has 53 heavy (non-hydrogen) atoms. The molecule has 12 nitrogen and oxygen atoms in total. The highest BCUT2D eigenvalue weighted by Gasteiger charge is 2.20. The van der Waals surface area contributed by atoms with Crippen molar-refractivity contribution in [2.75, 3.05) is 13.1 Å². The van der Waals surface area contributed by atoms with Gasteiger partial charge in [-0.1, -0.05) is 77.8 Å². The Labute approximate surface area is 320 Å². The Hall–Kier alpha value is -4.19.